The lowest BCUT2D eigenvalue weighted by Gasteiger charge is -2.20. The van der Waals surface area contributed by atoms with Crippen molar-refractivity contribution in [1.29, 1.82) is 0 Å². The zero-order valence-corrected chi connectivity index (χ0v) is 8.43. The number of hydrogen-bond acceptors (Lipinski definition) is 2. The number of hydrogen-bond donors (Lipinski definition) is 1. The molecule has 70 valence electrons. The minimum Gasteiger partial charge on any atom is -0.481 e. The highest BCUT2D eigenvalue weighted by molar-refractivity contribution is 8.00. The van der Waals surface area contributed by atoms with Crippen molar-refractivity contribution in [2.45, 2.75) is 31.9 Å². The van der Waals surface area contributed by atoms with Crippen molar-refractivity contribution >= 4 is 17.7 Å². The molecule has 2 atom stereocenters. The van der Waals surface area contributed by atoms with Crippen LogP contribution in [0.15, 0.2) is 0 Å². The van der Waals surface area contributed by atoms with Crippen LogP contribution in [0.1, 0.15) is 26.7 Å². The van der Waals surface area contributed by atoms with E-state index in [0.717, 1.165) is 12.2 Å². The van der Waals surface area contributed by atoms with E-state index in [1.54, 1.807) is 0 Å². The van der Waals surface area contributed by atoms with Crippen LogP contribution in [0.25, 0.3) is 0 Å². The van der Waals surface area contributed by atoms with Crippen LogP contribution < -0.4 is 0 Å². The van der Waals surface area contributed by atoms with E-state index in [9.17, 15) is 4.79 Å². The Morgan fingerprint density at radius 1 is 1.67 bits per heavy atom. The van der Waals surface area contributed by atoms with Gasteiger partial charge in [0.15, 0.2) is 0 Å². The Balaban J connectivity index is 2.46. The molecule has 1 aliphatic rings. The number of carbonyl (C=O) groups is 1. The van der Waals surface area contributed by atoms with Crippen LogP contribution in [0.2, 0.25) is 0 Å². The van der Waals surface area contributed by atoms with Gasteiger partial charge in [-0.25, -0.2) is 0 Å². The van der Waals surface area contributed by atoms with E-state index in [2.05, 4.69) is 13.8 Å². The van der Waals surface area contributed by atoms with Crippen molar-refractivity contribution in [2.75, 3.05) is 5.75 Å². The fraction of sp³-hybridized carbons (Fsp3) is 0.889. The number of aliphatic carboxylic acids is 1. The second kappa shape index (κ2) is 4.17. The van der Waals surface area contributed by atoms with Gasteiger partial charge in [-0.1, -0.05) is 13.8 Å². The smallest absolute Gasteiger partial charge is 0.303 e. The van der Waals surface area contributed by atoms with E-state index in [0.29, 0.717) is 23.5 Å². The number of carboxylic acid groups (broad SMARTS) is 1. The molecule has 0 bridgehead atoms. The van der Waals surface area contributed by atoms with Gasteiger partial charge in [0.1, 0.15) is 0 Å². The average Bonchev–Trinajstić information content (AvgIpc) is 2.33. The third-order valence-corrected chi connectivity index (χ3v) is 4.14. The molecule has 0 saturated carbocycles. The highest BCUT2D eigenvalue weighted by Crippen LogP contribution is 2.38. The van der Waals surface area contributed by atoms with Gasteiger partial charge in [-0.15, -0.1) is 0 Å². The Morgan fingerprint density at radius 3 is 2.83 bits per heavy atom. The van der Waals surface area contributed by atoms with Crippen molar-refractivity contribution < 1.29 is 9.90 Å². The zero-order valence-electron chi connectivity index (χ0n) is 7.62. The van der Waals surface area contributed by atoms with Gasteiger partial charge < -0.3 is 5.11 Å². The molecule has 0 aliphatic carbocycles. The lowest BCUT2D eigenvalue weighted by molar-refractivity contribution is -0.138. The monoisotopic (exact) mass is 188 g/mol. The molecule has 1 aliphatic heterocycles. The number of rotatable bonds is 3. The highest BCUT2D eigenvalue weighted by atomic mass is 32.2. The standard InChI is InChI=1S/C9H16O2S/c1-6(2)9-7(3-4-12-9)5-8(10)11/h6-7,9H,3-5H2,1-2H3,(H,10,11). The van der Waals surface area contributed by atoms with E-state index >= 15 is 0 Å². The summed E-state index contributed by atoms with van der Waals surface area (Å²) in [5.41, 5.74) is 0. The molecule has 1 rings (SSSR count). The molecular formula is C9H16O2S. The SMILES string of the molecule is CC(C)C1SCCC1CC(=O)O. The van der Waals surface area contributed by atoms with Crippen LogP contribution in [0.3, 0.4) is 0 Å². The minimum atomic E-state index is -0.645. The summed E-state index contributed by atoms with van der Waals surface area (Å²) < 4.78 is 0. The largest absolute Gasteiger partial charge is 0.481 e. The number of carboxylic acids is 1. The molecule has 0 aromatic heterocycles. The Hall–Kier alpha value is -0.180. The first-order valence-corrected chi connectivity index (χ1v) is 5.49. The van der Waals surface area contributed by atoms with Gasteiger partial charge >= 0.3 is 5.97 Å². The lowest BCUT2D eigenvalue weighted by atomic mass is 9.92. The molecule has 12 heavy (non-hydrogen) atoms. The van der Waals surface area contributed by atoms with Gasteiger partial charge in [0.25, 0.3) is 0 Å². The first kappa shape index (κ1) is 9.90. The maximum Gasteiger partial charge on any atom is 0.303 e. The Morgan fingerprint density at radius 2 is 2.33 bits per heavy atom. The van der Waals surface area contributed by atoms with Gasteiger partial charge in [-0.2, -0.15) is 11.8 Å². The van der Waals surface area contributed by atoms with E-state index in [1.807, 2.05) is 11.8 Å². The minimum absolute atomic E-state index is 0.357. The Bertz CT molecular complexity index is 168. The summed E-state index contributed by atoms with van der Waals surface area (Å²) in [6.07, 6.45) is 1.44. The highest BCUT2D eigenvalue weighted by Gasteiger charge is 2.31. The summed E-state index contributed by atoms with van der Waals surface area (Å²) in [4.78, 5) is 10.5. The summed E-state index contributed by atoms with van der Waals surface area (Å²) in [5, 5.41) is 9.23. The predicted molar refractivity (Wildman–Crippen MR) is 51.4 cm³/mol. The summed E-state index contributed by atoms with van der Waals surface area (Å²) >= 11 is 1.94. The molecule has 0 amide bonds. The summed E-state index contributed by atoms with van der Waals surface area (Å²) in [7, 11) is 0. The predicted octanol–water partition coefficient (Wildman–Crippen LogP) is 2.24. The molecule has 0 radical (unpaired) electrons. The molecule has 0 aromatic rings. The normalized spacial score (nSPS) is 29.6. The van der Waals surface area contributed by atoms with E-state index in [1.165, 1.54) is 0 Å². The second-order valence-electron chi connectivity index (χ2n) is 3.73. The van der Waals surface area contributed by atoms with Gasteiger partial charge in [0, 0.05) is 11.7 Å². The molecule has 2 unspecified atom stereocenters. The van der Waals surface area contributed by atoms with Gasteiger partial charge in [-0.3, -0.25) is 4.79 Å². The van der Waals surface area contributed by atoms with E-state index in [-0.39, 0.29) is 0 Å². The molecular weight excluding hydrogens is 172 g/mol. The molecule has 1 N–H and O–H groups in total. The van der Waals surface area contributed by atoms with Crippen LogP contribution in [0, 0.1) is 11.8 Å². The molecule has 0 spiro atoms. The third-order valence-electron chi connectivity index (χ3n) is 2.36. The summed E-state index contributed by atoms with van der Waals surface area (Å²) in [6.45, 7) is 4.36. The quantitative estimate of drug-likeness (QED) is 0.738. The molecule has 3 heteroatoms. The van der Waals surface area contributed by atoms with Crippen molar-refractivity contribution in [1.82, 2.24) is 0 Å². The van der Waals surface area contributed by atoms with Crippen molar-refractivity contribution in [2.24, 2.45) is 11.8 Å². The van der Waals surface area contributed by atoms with Gasteiger partial charge in [0.2, 0.25) is 0 Å². The summed E-state index contributed by atoms with van der Waals surface area (Å²) in [6, 6.07) is 0. The van der Waals surface area contributed by atoms with Crippen LogP contribution in [-0.2, 0) is 4.79 Å². The van der Waals surface area contributed by atoms with Crippen molar-refractivity contribution in [3.8, 4) is 0 Å². The molecule has 2 nitrogen and oxygen atoms in total. The first-order chi connectivity index (χ1) is 5.61. The van der Waals surface area contributed by atoms with Crippen molar-refractivity contribution in [3.05, 3.63) is 0 Å². The average molecular weight is 188 g/mol. The Labute approximate surface area is 77.7 Å². The van der Waals surface area contributed by atoms with E-state index in [4.69, 9.17) is 5.11 Å². The van der Waals surface area contributed by atoms with Crippen molar-refractivity contribution in [3.63, 3.8) is 0 Å². The fourth-order valence-corrected chi connectivity index (χ4v) is 3.44. The maximum atomic E-state index is 10.5. The molecule has 1 fully saturated rings. The van der Waals surface area contributed by atoms with Crippen LogP contribution in [-0.4, -0.2) is 22.1 Å². The summed E-state index contributed by atoms with van der Waals surface area (Å²) in [5.74, 6) is 1.52. The van der Waals surface area contributed by atoms with Crippen LogP contribution in [0.5, 0.6) is 0 Å². The van der Waals surface area contributed by atoms with Crippen LogP contribution >= 0.6 is 11.8 Å². The van der Waals surface area contributed by atoms with Gasteiger partial charge in [0.05, 0.1) is 0 Å². The Kier molecular flexibility index (Phi) is 3.44. The maximum absolute atomic E-state index is 10.5. The third kappa shape index (κ3) is 2.41. The molecule has 1 heterocycles. The molecule has 1 saturated heterocycles. The second-order valence-corrected chi connectivity index (χ2v) is 5.01. The van der Waals surface area contributed by atoms with E-state index < -0.39 is 5.97 Å². The fourth-order valence-electron chi connectivity index (χ4n) is 1.84. The zero-order chi connectivity index (χ0) is 9.14. The first-order valence-electron chi connectivity index (χ1n) is 4.44. The number of thioether (sulfide) groups is 1. The van der Waals surface area contributed by atoms with Gasteiger partial charge in [-0.05, 0) is 24.0 Å². The lowest BCUT2D eigenvalue weighted by Crippen LogP contribution is -2.20. The molecule has 0 aromatic carbocycles. The van der Waals surface area contributed by atoms with Crippen LogP contribution in [0.4, 0.5) is 0 Å². The topological polar surface area (TPSA) is 37.3 Å².